The second kappa shape index (κ2) is 6.27. The topological polar surface area (TPSA) is 33.5 Å². The highest BCUT2D eigenvalue weighted by Gasteiger charge is 2.24. The van der Waals surface area contributed by atoms with E-state index in [1.165, 1.54) is 49.3 Å². The highest BCUT2D eigenvalue weighted by molar-refractivity contribution is 7.14. The number of nitrogens with one attached hydrogen (secondary N) is 2. The van der Waals surface area contributed by atoms with Gasteiger partial charge in [-0.15, -0.1) is 11.3 Å². The molecule has 1 aromatic heterocycles. The standard InChI is InChI=1S/C16H24N2OS/c1-2-8-18-9-6-13(7-10-18)17-16(19)15-11-12-4-3-5-14(12)20-15/h11,13H,2-10H2,1H3,(H,17,19)/p+1. The number of likely N-dealkylation sites (tertiary alicyclic amines) is 1. The lowest BCUT2D eigenvalue weighted by atomic mass is 10.0. The van der Waals surface area contributed by atoms with Crippen LogP contribution in [0.15, 0.2) is 6.07 Å². The molecule has 1 saturated heterocycles. The molecule has 0 saturated carbocycles. The van der Waals surface area contributed by atoms with Gasteiger partial charge in [-0.05, 0) is 37.3 Å². The largest absolute Gasteiger partial charge is 0.348 e. The summed E-state index contributed by atoms with van der Waals surface area (Å²) in [5.74, 6) is 0.161. The minimum atomic E-state index is 0.161. The van der Waals surface area contributed by atoms with Crippen LogP contribution < -0.4 is 10.2 Å². The zero-order valence-electron chi connectivity index (χ0n) is 12.3. The van der Waals surface area contributed by atoms with Gasteiger partial charge in [0.05, 0.1) is 24.5 Å². The van der Waals surface area contributed by atoms with Crippen molar-refractivity contribution < 1.29 is 9.69 Å². The molecule has 0 bridgehead atoms. The molecule has 20 heavy (non-hydrogen) atoms. The molecular weight excluding hydrogens is 268 g/mol. The van der Waals surface area contributed by atoms with E-state index in [9.17, 15) is 4.79 Å². The molecule has 0 aromatic carbocycles. The Labute approximate surface area is 125 Å². The molecule has 3 rings (SSSR count). The summed E-state index contributed by atoms with van der Waals surface area (Å²) in [4.78, 5) is 16.4. The number of hydrogen-bond donors (Lipinski definition) is 2. The van der Waals surface area contributed by atoms with E-state index in [-0.39, 0.29) is 5.91 Å². The summed E-state index contributed by atoms with van der Waals surface area (Å²) in [5.41, 5.74) is 1.42. The average molecular weight is 293 g/mol. The van der Waals surface area contributed by atoms with Gasteiger partial charge in [0.25, 0.3) is 5.91 Å². The summed E-state index contributed by atoms with van der Waals surface area (Å²) in [6.45, 7) is 5.94. The summed E-state index contributed by atoms with van der Waals surface area (Å²) in [6.07, 6.45) is 7.12. The molecule has 1 aliphatic heterocycles. The molecular formula is C16H25N2OS+. The van der Waals surface area contributed by atoms with Gasteiger partial charge in [-0.2, -0.15) is 0 Å². The Morgan fingerprint density at radius 1 is 1.40 bits per heavy atom. The molecule has 2 heterocycles. The Balaban J connectivity index is 1.52. The summed E-state index contributed by atoms with van der Waals surface area (Å²) >= 11 is 1.71. The summed E-state index contributed by atoms with van der Waals surface area (Å²) < 4.78 is 0. The van der Waals surface area contributed by atoms with E-state index in [4.69, 9.17) is 0 Å². The van der Waals surface area contributed by atoms with Gasteiger partial charge in [0.2, 0.25) is 0 Å². The van der Waals surface area contributed by atoms with Crippen LogP contribution in [0.4, 0.5) is 0 Å². The molecule has 4 heteroatoms. The highest BCUT2D eigenvalue weighted by atomic mass is 32.1. The maximum atomic E-state index is 12.3. The van der Waals surface area contributed by atoms with E-state index < -0.39 is 0 Å². The minimum absolute atomic E-state index is 0.161. The second-order valence-electron chi connectivity index (χ2n) is 6.16. The fourth-order valence-corrected chi connectivity index (χ4v) is 4.63. The lowest BCUT2D eigenvalue weighted by molar-refractivity contribution is -0.905. The van der Waals surface area contributed by atoms with Crippen molar-refractivity contribution in [2.24, 2.45) is 0 Å². The predicted octanol–water partition coefficient (Wildman–Crippen LogP) is 1.42. The van der Waals surface area contributed by atoms with Crippen LogP contribution in [0.1, 0.15) is 52.7 Å². The van der Waals surface area contributed by atoms with Crippen molar-refractivity contribution in [1.82, 2.24) is 5.32 Å². The number of amides is 1. The lowest BCUT2D eigenvalue weighted by Crippen LogP contribution is -3.13. The van der Waals surface area contributed by atoms with Gasteiger partial charge in [-0.1, -0.05) is 6.92 Å². The molecule has 0 atom stereocenters. The summed E-state index contributed by atoms with van der Waals surface area (Å²) in [5, 5.41) is 3.24. The molecule has 2 N–H and O–H groups in total. The first-order valence-electron chi connectivity index (χ1n) is 8.02. The lowest BCUT2D eigenvalue weighted by Gasteiger charge is -2.29. The van der Waals surface area contributed by atoms with Crippen LogP contribution in [0.2, 0.25) is 0 Å². The van der Waals surface area contributed by atoms with Crippen LogP contribution >= 0.6 is 11.3 Å². The van der Waals surface area contributed by atoms with Gasteiger partial charge in [-0.25, -0.2) is 0 Å². The molecule has 3 nitrogen and oxygen atoms in total. The van der Waals surface area contributed by atoms with Gasteiger partial charge >= 0.3 is 0 Å². The Morgan fingerprint density at radius 3 is 2.90 bits per heavy atom. The van der Waals surface area contributed by atoms with Crippen molar-refractivity contribution >= 4 is 17.2 Å². The molecule has 2 aliphatic rings. The van der Waals surface area contributed by atoms with E-state index in [0.717, 1.165) is 24.1 Å². The number of rotatable bonds is 4. The quantitative estimate of drug-likeness (QED) is 0.865. The third kappa shape index (κ3) is 3.07. The molecule has 0 spiro atoms. The highest BCUT2D eigenvalue weighted by Crippen LogP contribution is 2.30. The average Bonchev–Trinajstić information content (AvgIpc) is 3.02. The van der Waals surface area contributed by atoms with Crippen LogP contribution in [0.5, 0.6) is 0 Å². The number of thiophene rings is 1. The third-order valence-corrected chi connectivity index (χ3v) is 5.84. The Kier molecular flexibility index (Phi) is 4.41. The first-order chi connectivity index (χ1) is 9.76. The molecule has 0 unspecified atom stereocenters. The van der Waals surface area contributed by atoms with Crippen LogP contribution in [-0.4, -0.2) is 31.6 Å². The van der Waals surface area contributed by atoms with Crippen LogP contribution in [0.25, 0.3) is 0 Å². The SMILES string of the molecule is CCC[NH+]1CCC(NC(=O)c2cc3c(s2)CCC3)CC1. The molecule has 1 amide bonds. The van der Waals surface area contributed by atoms with Crippen molar-refractivity contribution in [3.63, 3.8) is 0 Å². The van der Waals surface area contributed by atoms with E-state index in [0.29, 0.717) is 6.04 Å². The molecule has 1 aromatic rings. The first kappa shape index (κ1) is 14.1. The normalized spacial score (nSPS) is 25.4. The predicted molar refractivity (Wildman–Crippen MR) is 82.7 cm³/mol. The molecule has 110 valence electrons. The van der Waals surface area contributed by atoms with Crippen LogP contribution in [0, 0.1) is 0 Å². The monoisotopic (exact) mass is 293 g/mol. The maximum Gasteiger partial charge on any atom is 0.261 e. The summed E-state index contributed by atoms with van der Waals surface area (Å²) in [6, 6.07) is 2.51. The minimum Gasteiger partial charge on any atom is -0.348 e. The fourth-order valence-electron chi connectivity index (χ4n) is 3.47. The Bertz CT molecular complexity index is 453. The van der Waals surface area contributed by atoms with Crippen LogP contribution in [-0.2, 0) is 12.8 Å². The Morgan fingerprint density at radius 2 is 2.20 bits per heavy atom. The Hall–Kier alpha value is -0.870. The zero-order chi connectivity index (χ0) is 13.9. The van der Waals surface area contributed by atoms with E-state index in [1.807, 2.05) is 0 Å². The van der Waals surface area contributed by atoms with Gasteiger partial charge in [0.1, 0.15) is 0 Å². The number of aryl methyl sites for hydroxylation is 2. The van der Waals surface area contributed by atoms with E-state index in [2.05, 4.69) is 18.3 Å². The van der Waals surface area contributed by atoms with E-state index in [1.54, 1.807) is 16.2 Å². The maximum absolute atomic E-state index is 12.3. The number of fused-ring (bicyclic) bond motifs is 1. The van der Waals surface area contributed by atoms with E-state index >= 15 is 0 Å². The van der Waals surface area contributed by atoms with Gasteiger partial charge in [-0.3, -0.25) is 4.79 Å². The van der Waals surface area contributed by atoms with Crippen molar-refractivity contribution in [3.05, 3.63) is 21.4 Å². The fraction of sp³-hybridized carbons (Fsp3) is 0.688. The third-order valence-electron chi connectivity index (χ3n) is 4.60. The number of carbonyl (C=O) groups is 1. The molecule has 1 fully saturated rings. The number of carbonyl (C=O) groups excluding carboxylic acids is 1. The first-order valence-corrected chi connectivity index (χ1v) is 8.84. The molecule has 1 aliphatic carbocycles. The van der Waals surface area contributed by atoms with Gasteiger partial charge in [0, 0.05) is 23.8 Å². The zero-order valence-corrected chi connectivity index (χ0v) is 13.2. The number of hydrogen-bond acceptors (Lipinski definition) is 2. The number of quaternary nitrogens is 1. The second-order valence-corrected chi connectivity index (χ2v) is 7.30. The van der Waals surface area contributed by atoms with Crippen molar-refractivity contribution in [2.75, 3.05) is 19.6 Å². The van der Waals surface area contributed by atoms with Crippen LogP contribution in [0.3, 0.4) is 0 Å². The van der Waals surface area contributed by atoms with Crippen molar-refractivity contribution in [1.29, 1.82) is 0 Å². The number of piperidine rings is 1. The van der Waals surface area contributed by atoms with Crippen molar-refractivity contribution in [3.8, 4) is 0 Å². The van der Waals surface area contributed by atoms with Gasteiger partial charge < -0.3 is 10.2 Å². The smallest absolute Gasteiger partial charge is 0.261 e. The van der Waals surface area contributed by atoms with Crippen molar-refractivity contribution in [2.45, 2.75) is 51.5 Å². The summed E-state index contributed by atoms with van der Waals surface area (Å²) in [7, 11) is 0. The molecule has 0 radical (unpaired) electrons. The van der Waals surface area contributed by atoms with Gasteiger partial charge in [0.15, 0.2) is 0 Å².